The largest absolute Gasteiger partial charge is 0.325 e. The summed E-state index contributed by atoms with van der Waals surface area (Å²) in [7, 11) is 0. The van der Waals surface area contributed by atoms with Gasteiger partial charge in [0.2, 0.25) is 5.91 Å². The van der Waals surface area contributed by atoms with Crippen molar-refractivity contribution in [1.82, 2.24) is 15.2 Å². The first-order valence-corrected chi connectivity index (χ1v) is 8.97. The number of aryl methyl sites for hydroxylation is 1. The van der Waals surface area contributed by atoms with Gasteiger partial charge < -0.3 is 10.6 Å². The summed E-state index contributed by atoms with van der Waals surface area (Å²) in [4.78, 5) is 42.8. The maximum atomic E-state index is 13.0. The van der Waals surface area contributed by atoms with Gasteiger partial charge in [0, 0.05) is 6.20 Å². The van der Waals surface area contributed by atoms with Crippen LogP contribution in [0.25, 0.3) is 0 Å². The van der Waals surface area contributed by atoms with E-state index in [-0.39, 0.29) is 17.9 Å². The molecular formula is C19H26N4O3. The number of imide groups is 1. The van der Waals surface area contributed by atoms with E-state index in [0.717, 1.165) is 16.9 Å². The van der Waals surface area contributed by atoms with Crippen molar-refractivity contribution in [2.24, 2.45) is 11.3 Å². The Labute approximate surface area is 153 Å². The average Bonchev–Trinajstić information content (AvgIpc) is 2.71. The zero-order valence-corrected chi connectivity index (χ0v) is 15.8. The third kappa shape index (κ3) is 3.57. The number of carbonyl (C=O) groups is 3. The number of pyridine rings is 1. The lowest BCUT2D eigenvalue weighted by Crippen LogP contribution is -2.54. The second-order valence-electron chi connectivity index (χ2n) is 8.53. The summed E-state index contributed by atoms with van der Waals surface area (Å²) in [6, 6.07) is 3.02. The predicted molar refractivity (Wildman–Crippen MR) is 97.4 cm³/mol. The Morgan fingerprint density at radius 1 is 1.35 bits per heavy atom. The first-order valence-electron chi connectivity index (χ1n) is 8.97. The second-order valence-corrected chi connectivity index (χ2v) is 8.53. The van der Waals surface area contributed by atoms with Crippen molar-refractivity contribution in [2.45, 2.75) is 52.5 Å². The van der Waals surface area contributed by atoms with Gasteiger partial charge >= 0.3 is 6.03 Å². The number of hydrogen-bond donors (Lipinski definition) is 2. The van der Waals surface area contributed by atoms with Crippen LogP contribution in [0.1, 0.15) is 45.6 Å². The van der Waals surface area contributed by atoms with Gasteiger partial charge in [-0.1, -0.05) is 26.8 Å². The van der Waals surface area contributed by atoms with Crippen LogP contribution in [0.2, 0.25) is 0 Å². The van der Waals surface area contributed by atoms with Crippen LogP contribution in [-0.2, 0) is 9.59 Å². The molecular weight excluding hydrogens is 332 g/mol. The van der Waals surface area contributed by atoms with E-state index in [1.54, 1.807) is 12.3 Å². The molecule has 1 aromatic heterocycles. The number of amides is 4. The van der Waals surface area contributed by atoms with Gasteiger partial charge in [-0.25, -0.2) is 9.78 Å². The van der Waals surface area contributed by atoms with Crippen molar-refractivity contribution in [2.75, 3.05) is 11.9 Å². The molecule has 7 heteroatoms. The number of nitrogens with one attached hydrogen (secondary N) is 2. The zero-order valence-electron chi connectivity index (χ0n) is 15.8. The van der Waals surface area contributed by atoms with Gasteiger partial charge in [-0.2, -0.15) is 0 Å². The lowest BCUT2D eigenvalue weighted by molar-refractivity contribution is -0.136. The molecule has 26 heavy (non-hydrogen) atoms. The monoisotopic (exact) mass is 358 g/mol. The topological polar surface area (TPSA) is 91.4 Å². The standard InChI is InChI=1S/C19H26N4O3/c1-12-5-6-14(20-9-12)21-15(24)10-23-16(25)19(22-17(23)26)8-13(2)7-18(3,4)11-19/h5-6,9,13H,7-8,10-11H2,1-4H3,(H,22,26)(H,20,21,24). The fourth-order valence-corrected chi connectivity index (χ4v) is 4.52. The smallest absolute Gasteiger partial charge is 0.323 e. The molecule has 140 valence electrons. The average molecular weight is 358 g/mol. The van der Waals surface area contributed by atoms with Gasteiger partial charge in [0.05, 0.1) is 0 Å². The molecule has 2 unspecified atom stereocenters. The number of nitrogens with zero attached hydrogens (tertiary/aromatic N) is 2. The Kier molecular flexibility index (Phi) is 4.50. The van der Waals surface area contributed by atoms with Crippen LogP contribution in [0.3, 0.4) is 0 Å². The molecule has 4 amide bonds. The lowest BCUT2D eigenvalue weighted by Gasteiger charge is -2.43. The molecule has 0 radical (unpaired) electrons. The van der Waals surface area contributed by atoms with Crippen LogP contribution < -0.4 is 10.6 Å². The molecule has 2 heterocycles. The predicted octanol–water partition coefficient (Wildman–Crippen LogP) is 2.47. The minimum atomic E-state index is -0.888. The number of urea groups is 1. The van der Waals surface area contributed by atoms with Crippen LogP contribution in [0.15, 0.2) is 18.3 Å². The first-order chi connectivity index (χ1) is 12.1. The minimum absolute atomic E-state index is 0.0370. The molecule has 7 nitrogen and oxygen atoms in total. The van der Waals surface area contributed by atoms with E-state index < -0.39 is 17.5 Å². The quantitative estimate of drug-likeness (QED) is 0.812. The van der Waals surface area contributed by atoms with Crippen molar-refractivity contribution >= 4 is 23.7 Å². The summed E-state index contributed by atoms with van der Waals surface area (Å²) < 4.78 is 0. The Morgan fingerprint density at radius 2 is 2.08 bits per heavy atom. The molecule has 1 aliphatic carbocycles. The Bertz CT molecular complexity index is 744. The van der Waals surface area contributed by atoms with Gasteiger partial charge in [-0.05, 0) is 49.1 Å². The third-order valence-electron chi connectivity index (χ3n) is 5.10. The van der Waals surface area contributed by atoms with E-state index in [1.807, 2.05) is 13.0 Å². The summed E-state index contributed by atoms with van der Waals surface area (Å²) in [6.07, 6.45) is 3.85. The maximum Gasteiger partial charge on any atom is 0.325 e. The molecule has 1 spiro atoms. The second kappa shape index (κ2) is 6.37. The summed E-state index contributed by atoms with van der Waals surface area (Å²) in [5.74, 6) is -0.0116. The van der Waals surface area contributed by atoms with Crippen molar-refractivity contribution in [3.63, 3.8) is 0 Å². The molecule has 2 N–H and O–H groups in total. The summed E-state index contributed by atoms with van der Waals surface area (Å²) in [5, 5.41) is 5.50. The van der Waals surface area contributed by atoms with E-state index in [1.165, 1.54) is 0 Å². The number of carbonyl (C=O) groups excluding carboxylic acids is 3. The molecule has 1 saturated heterocycles. The normalized spacial score (nSPS) is 27.5. The van der Waals surface area contributed by atoms with E-state index in [9.17, 15) is 14.4 Å². The fraction of sp³-hybridized carbons (Fsp3) is 0.579. The summed E-state index contributed by atoms with van der Waals surface area (Å²) in [6.45, 7) is 7.92. The third-order valence-corrected chi connectivity index (χ3v) is 5.10. The summed E-state index contributed by atoms with van der Waals surface area (Å²) in [5.41, 5.74) is 0.0544. The molecule has 2 aliphatic rings. The molecule has 0 bridgehead atoms. The summed E-state index contributed by atoms with van der Waals surface area (Å²) >= 11 is 0. The van der Waals surface area contributed by atoms with Gasteiger partial charge in [0.25, 0.3) is 5.91 Å². The Morgan fingerprint density at radius 3 is 2.69 bits per heavy atom. The number of hydrogen-bond acceptors (Lipinski definition) is 4. The van der Waals surface area contributed by atoms with Gasteiger partial charge in [0.15, 0.2) is 0 Å². The first kappa shape index (κ1) is 18.4. The van der Waals surface area contributed by atoms with E-state index in [2.05, 4.69) is 36.4 Å². The molecule has 2 fully saturated rings. The van der Waals surface area contributed by atoms with Crippen molar-refractivity contribution in [3.8, 4) is 0 Å². The maximum absolute atomic E-state index is 13.0. The van der Waals surface area contributed by atoms with Gasteiger partial charge in [-0.3, -0.25) is 14.5 Å². The van der Waals surface area contributed by atoms with Gasteiger partial charge in [0.1, 0.15) is 17.9 Å². The Balaban J connectivity index is 1.71. The van der Waals surface area contributed by atoms with Crippen LogP contribution in [-0.4, -0.2) is 39.8 Å². The lowest BCUT2D eigenvalue weighted by atomic mass is 9.64. The van der Waals surface area contributed by atoms with Gasteiger partial charge in [-0.15, -0.1) is 0 Å². The zero-order chi connectivity index (χ0) is 19.1. The SMILES string of the molecule is Cc1ccc(NC(=O)CN2C(=O)NC3(CC(C)CC(C)(C)C3)C2=O)nc1. The van der Waals surface area contributed by atoms with E-state index >= 15 is 0 Å². The highest BCUT2D eigenvalue weighted by atomic mass is 16.2. The molecule has 0 aromatic carbocycles. The molecule has 1 aliphatic heterocycles. The highest BCUT2D eigenvalue weighted by Crippen LogP contribution is 2.46. The molecule has 1 aromatic rings. The number of rotatable bonds is 3. The van der Waals surface area contributed by atoms with Crippen LogP contribution in [0.5, 0.6) is 0 Å². The highest BCUT2D eigenvalue weighted by molar-refractivity contribution is 6.10. The van der Waals surface area contributed by atoms with Crippen LogP contribution in [0.4, 0.5) is 10.6 Å². The number of anilines is 1. The Hall–Kier alpha value is -2.44. The van der Waals surface area contributed by atoms with Crippen LogP contribution >= 0.6 is 0 Å². The highest BCUT2D eigenvalue weighted by Gasteiger charge is 2.56. The minimum Gasteiger partial charge on any atom is -0.323 e. The number of aromatic nitrogens is 1. The van der Waals surface area contributed by atoms with Crippen molar-refractivity contribution in [3.05, 3.63) is 23.9 Å². The van der Waals surface area contributed by atoms with E-state index in [0.29, 0.717) is 24.6 Å². The van der Waals surface area contributed by atoms with Crippen molar-refractivity contribution < 1.29 is 14.4 Å². The molecule has 1 saturated carbocycles. The van der Waals surface area contributed by atoms with Crippen molar-refractivity contribution in [1.29, 1.82) is 0 Å². The van der Waals surface area contributed by atoms with E-state index in [4.69, 9.17) is 0 Å². The van der Waals surface area contributed by atoms with Crippen LogP contribution in [0, 0.1) is 18.3 Å². The molecule has 2 atom stereocenters. The molecule has 3 rings (SSSR count). The fourth-order valence-electron chi connectivity index (χ4n) is 4.52.